The number of rotatable bonds is 18. The number of amides is 3. The number of aliphatic hydroxyl groups is 1. The van der Waals surface area contributed by atoms with Crippen LogP contribution < -0.4 is 10.6 Å². The molecule has 0 aliphatic heterocycles. The van der Waals surface area contributed by atoms with Crippen molar-refractivity contribution in [2.24, 2.45) is 11.8 Å². The smallest absolute Gasteiger partial charge is 0.408 e. The molecule has 0 fully saturated rings. The van der Waals surface area contributed by atoms with E-state index in [4.69, 9.17) is 4.74 Å². The van der Waals surface area contributed by atoms with Gasteiger partial charge in [0.1, 0.15) is 18.7 Å². The van der Waals surface area contributed by atoms with Crippen molar-refractivity contribution >= 4 is 29.2 Å². The molecule has 5 atom stereocenters. The molecule has 1 heterocycles. The average molecular weight is 721 g/mol. The van der Waals surface area contributed by atoms with Crippen LogP contribution in [-0.4, -0.2) is 63.7 Å². The number of nitrogens with zero attached hydrogens (tertiary/aromatic N) is 2. The lowest BCUT2D eigenvalue weighted by Gasteiger charge is -2.39. The van der Waals surface area contributed by atoms with E-state index in [9.17, 15) is 19.5 Å². The Kier molecular flexibility index (Phi) is 16.1. The van der Waals surface area contributed by atoms with Gasteiger partial charge in [0.05, 0.1) is 23.4 Å². The molecule has 3 amide bonds. The summed E-state index contributed by atoms with van der Waals surface area (Å²) in [5, 5.41) is 19.0. The van der Waals surface area contributed by atoms with Gasteiger partial charge in [0.15, 0.2) is 0 Å². The van der Waals surface area contributed by atoms with Crippen LogP contribution in [0.1, 0.15) is 98.5 Å². The van der Waals surface area contributed by atoms with E-state index in [2.05, 4.69) is 64.1 Å². The Morgan fingerprint density at radius 2 is 1.49 bits per heavy atom. The Bertz CT molecular complexity index is 1550. The van der Waals surface area contributed by atoms with Crippen molar-refractivity contribution in [3.63, 3.8) is 0 Å². The molecule has 3 rings (SSSR count). The first-order chi connectivity index (χ1) is 24.2. The molecule has 0 saturated heterocycles. The van der Waals surface area contributed by atoms with Crippen molar-refractivity contribution in [2.45, 2.75) is 132 Å². The van der Waals surface area contributed by atoms with E-state index in [-0.39, 0.29) is 37.2 Å². The normalized spacial score (nSPS) is 14.4. The second-order valence-corrected chi connectivity index (χ2v) is 15.2. The number of carbonyl (C=O) groups excluding carboxylic acids is 3. The summed E-state index contributed by atoms with van der Waals surface area (Å²) in [5.74, 6) is -0.348. The summed E-state index contributed by atoms with van der Waals surface area (Å²) >= 11 is 1.42. The molecule has 0 spiro atoms. The van der Waals surface area contributed by atoms with Gasteiger partial charge in [-0.2, -0.15) is 0 Å². The number of aromatic nitrogens is 1. The van der Waals surface area contributed by atoms with Crippen LogP contribution in [0.3, 0.4) is 0 Å². The van der Waals surface area contributed by atoms with Crippen molar-refractivity contribution in [3.8, 4) is 0 Å². The number of carbonyl (C=O) groups is 3. The van der Waals surface area contributed by atoms with Gasteiger partial charge in [0, 0.05) is 24.8 Å². The van der Waals surface area contributed by atoms with Gasteiger partial charge in [-0.15, -0.1) is 11.3 Å². The SMILES string of the molecule is CCC(C)CN(C(=O)C(Cc1cscn1)NC(=O)[C@H](Cc1c(C)c(C)c(C)c(C)c1C)NC(=O)OCc1ccccc1)[C@@H](CC(C)C)[C@@H](O)CC. The lowest BCUT2D eigenvalue weighted by Crippen LogP contribution is -2.59. The Morgan fingerprint density at radius 1 is 0.863 bits per heavy atom. The van der Waals surface area contributed by atoms with E-state index in [0.717, 1.165) is 39.8 Å². The van der Waals surface area contributed by atoms with Crippen LogP contribution in [0.4, 0.5) is 4.79 Å². The van der Waals surface area contributed by atoms with Crippen LogP contribution in [0.2, 0.25) is 0 Å². The first-order valence-electron chi connectivity index (χ1n) is 18.4. The highest BCUT2D eigenvalue weighted by molar-refractivity contribution is 7.07. The minimum atomic E-state index is -1.03. The number of nitrogens with one attached hydrogen (secondary N) is 2. The number of hydrogen-bond acceptors (Lipinski definition) is 7. The fourth-order valence-electron chi connectivity index (χ4n) is 6.53. The van der Waals surface area contributed by atoms with E-state index in [1.165, 1.54) is 16.9 Å². The van der Waals surface area contributed by atoms with Crippen molar-refractivity contribution in [1.29, 1.82) is 0 Å². The van der Waals surface area contributed by atoms with Crippen LogP contribution in [0.25, 0.3) is 0 Å². The van der Waals surface area contributed by atoms with E-state index in [1.807, 2.05) is 56.5 Å². The molecule has 3 aromatic rings. The number of thiazole rings is 1. The molecule has 51 heavy (non-hydrogen) atoms. The Balaban J connectivity index is 2.03. The van der Waals surface area contributed by atoms with Crippen molar-refractivity contribution < 1.29 is 24.2 Å². The summed E-state index contributed by atoms with van der Waals surface area (Å²) in [7, 11) is 0. The number of hydrogen-bond donors (Lipinski definition) is 3. The van der Waals surface area contributed by atoms with Gasteiger partial charge in [-0.05, 0) is 98.2 Å². The van der Waals surface area contributed by atoms with Gasteiger partial charge >= 0.3 is 6.09 Å². The topological polar surface area (TPSA) is 121 Å². The van der Waals surface area contributed by atoms with Crippen molar-refractivity contribution in [2.75, 3.05) is 6.54 Å². The summed E-state index contributed by atoms with van der Waals surface area (Å²) in [6.45, 7) is 21.1. The maximum atomic E-state index is 14.8. The molecular formula is C41H60N4O5S. The van der Waals surface area contributed by atoms with Crippen molar-refractivity contribution in [3.05, 3.63) is 85.9 Å². The van der Waals surface area contributed by atoms with Gasteiger partial charge < -0.3 is 25.4 Å². The number of aliphatic hydroxyl groups excluding tert-OH is 1. The molecule has 0 aliphatic rings. The van der Waals surface area contributed by atoms with Gasteiger partial charge in [-0.25, -0.2) is 9.78 Å². The molecule has 0 saturated carbocycles. The number of benzene rings is 2. The lowest BCUT2D eigenvalue weighted by molar-refractivity contribution is -0.142. The molecule has 9 nitrogen and oxygen atoms in total. The molecule has 10 heteroatoms. The molecule has 2 aromatic carbocycles. The first-order valence-corrected chi connectivity index (χ1v) is 19.3. The lowest BCUT2D eigenvalue weighted by atomic mass is 9.86. The molecule has 1 aromatic heterocycles. The molecule has 280 valence electrons. The third kappa shape index (κ3) is 11.6. The molecule has 3 N–H and O–H groups in total. The predicted octanol–water partition coefficient (Wildman–Crippen LogP) is 7.31. The summed E-state index contributed by atoms with van der Waals surface area (Å²) in [4.78, 5) is 48.8. The highest BCUT2D eigenvalue weighted by atomic mass is 32.1. The van der Waals surface area contributed by atoms with E-state index in [0.29, 0.717) is 25.1 Å². The fraction of sp³-hybridized carbons (Fsp3) is 0.561. The molecule has 2 unspecified atom stereocenters. The summed E-state index contributed by atoms with van der Waals surface area (Å²) in [6, 6.07) is 6.93. The highest BCUT2D eigenvalue weighted by Crippen LogP contribution is 2.28. The monoisotopic (exact) mass is 720 g/mol. The summed E-state index contributed by atoms with van der Waals surface area (Å²) in [5.41, 5.74) is 9.80. The minimum Gasteiger partial charge on any atom is -0.445 e. The largest absolute Gasteiger partial charge is 0.445 e. The second-order valence-electron chi connectivity index (χ2n) is 14.5. The Morgan fingerprint density at radius 3 is 2.04 bits per heavy atom. The zero-order valence-electron chi connectivity index (χ0n) is 32.3. The maximum absolute atomic E-state index is 14.8. The van der Waals surface area contributed by atoms with E-state index >= 15 is 0 Å². The van der Waals surface area contributed by atoms with Crippen molar-refractivity contribution in [1.82, 2.24) is 20.5 Å². The fourth-order valence-corrected chi connectivity index (χ4v) is 7.10. The standard InChI is InChI=1S/C41H60N4O5S/c1-11-26(5)21-45(37(18-25(3)4)38(46)12-2)40(48)36(19-33-23-51-24-42-33)43-39(47)35(44-41(49)50-22-32-16-14-13-15-17-32)20-34-30(9)28(7)27(6)29(8)31(34)10/h13-17,23-26,35-38,46H,11-12,18-22H2,1-10H3,(H,43,47)(H,44,49)/t26?,35-,36?,37-,38-/m0/s1. The molecular weight excluding hydrogens is 661 g/mol. The third-order valence-corrected chi connectivity index (χ3v) is 11.0. The molecule has 0 radical (unpaired) electrons. The summed E-state index contributed by atoms with van der Waals surface area (Å²) < 4.78 is 5.57. The average Bonchev–Trinajstić information content (AvgIpc) is 3.64. The Labute approximate surface area is 309 Å². The maximum Gasteiger partial charge on any atom is 0.408 e. The van der Waals surface area contributed by atoms with Crippen LogP contribution in [0, 0.1) is 46.5 Å². The van der Waals surface area contributed by atoms with E-state index < -0.39 is 36.2 Å². The zero-order chi connectivity index (χ0) is 37.8. The van der Waals surface area contributed by atoms with Gasteiger partial charge in [-0.1, -0.05) is 71.4 Å². The van der Waals surface area contributed by atoms with E-state index in [1.54, 1.807) is 10.4 Å². The predicted molar refractivity (Wildman–Crippen MR) is 206 cm³/mol. The van der Waals surface area contributed by atoms with Gasteiger partial charge in [0.2, 0.25) is 11.8 Å². The minimum absolute atomic E-state index is 0.0499. The summed E-state index contributed by atoms with van der Waals surface area (Å²) in [6.07, 6.45) is 0.919. The van der Waals surface area contributed by atoms with Crippen LogP contribution in [0.5, 0.6) is 0 Å². The van der Waals surface area contributed by atoms with Crippen LogP contribution in [-0.2, 0) is 33.8 Å². The third-order valence-electron chi connectivity index (χ3n) is 10.4. The molecule has 0 bridgehead atoms. The molecule has 0 aliphatic carbocycles. The Hall–Kier alpha value is -3.76. The van der Waals surface area contributed by atoms with Gasteiger partial charge in [-0.3, -0.25) is 9.59 Å². The van der Waals surface area contributed by atoms with Crippen LogP contribution in [0.15, 0.2) is 41.2 Å². The first kappa shape index (κ1) is 41.7. The second kappa shape index (κ2) is 19.7. The number of ether oxygens (including phenoxy) is 1. The zero-order valence-corrected chi connectivity index (χ0v) is 33.2. The number of alkyl carbamates (subject to hydrolysis) is 1. The highest BCUT2D eigenvalue weighted by Gasteiger charge is 2.37. The quantitative estimate of drug-likeness (QED) is 0.127. The van der Waals surface area contributed by atoms with Gasteiger partial charge in [0.25, 0.3) is 0 Å². The van der Waals surface area contributed by atoms with Crippen LogP contribution >= 0.6 is 11.3 Å².